The summed E-state index contributed by atoms with van der Waals surface area (Å²) in [6.07, 6.45) is 5.09. The first-order valence-corrected chi connectivity index (χ1v) is 10.1. The molecule has 3 heterocycles. The summed E-state index contributed by atoms with van der Waals surface area (Å²) in [6, 6.07) is 3.47. The minimum atomic E-state index is -3.54. The van der Waals surface area contributed by atoms with E-state index in [2.05, 4.69) is 20.4 Å². The zero-order valence-corrected chi connectivity index (χ0v) is 14.9. The second kappa shape index (κ2) is 8.03. The Kier molecular flexibility index (Phi) is 5.77. The zero-order valence-electron chi connectivity index (χ0n) is 14.1. The summed E-state index contributed by atoms with van der Waals surface area (Å²) in [5.74, 6) is 0.317. The van der Waals surface area contributed by atoms with Gasteiger partial charge in [-0.3, -0.25) is 4.98 Å². The van der Waals surface area contributed by atoms with Crippen LogP contribution in [0.1, 0.15) is 37.5 Å². The lowest BCUT2D eigenvalue weighted by molar-refractivity contribution is -0.00185. The fourth-order valence-corrected chi connectivity index (χ4v) is 4.26. The van der Waals surface area contributed by atoms with Gasteiger partial charge in [0.25, 0.3) is 5.89 Å². The monoisotopic (exact) mass is 366 g/mol. The average molecular weight is 366 g/mol. The third-order valence-electron chi connectivity index (χ3n) is 4.00. The quantitative estimate of drug-likeness (QED) is 0.789. The average Bonchev–Trinajstić information content (AvgIpc) is 3.11. The van der Waals surface area contributed by atoms with Gasteiger partial charge in [-0.05, 0) is 44.5 Å². The van der Waals surface area contributed by atoms with Crippen LogP contribution < -0.4 is 5.32 Å². The van der Waals surface area contributed by atoms with Gasteiger partial charge in [-0.2, -0.15) is 4.98 Å². The van der Waals surface area contributed by atoms with Crippen molar-refractivity contribution in [3.63, 3.8) is 0 Å². The molecule has 0 radical (unpaired) electrons. The van der Waals surface area contributed by atoms with Gasteiger partial charge >= 0.3 is 0 Å². The lowest BCUT2D eigenvalue weighted by Gasteiger charge is -2.26. The standard InChI is InChI=1S/C16H22N4O4S/c1-2-11-25(21,22)16(23-13-5-9-18-10-6-13)15-19-14(20-24-15)12-3-7-17-8-4-12/h3-4,7-8,13,16,18H,2,5-6,9-11H2,1H3. The Morgan fingerprint density at radius 3 is 2.72 bits per heavy atom. The number of nitrogens with one attached hydrogen (secondary N) is 1. The van der Waals surface area contributed by atoms with E-state index in [1.54, 1.807) is 24.5 Å². The normalized spacial score (nSPS) is 17.5. The van der Waals surface area contributed by atoms with E-state index in [-0.39, 0.29) is 17.7 Å². The van der Waals surface area contributed by atoms with Crippen LogP contribution in [0.5, 0.6) is 0 Å². The van der Waals surface area contributed by atoms with E-state index in [1.807, 2.05) is 6.92 Å². The fourth-order valence-electron chi connectivity index (χ4n) is 2.74. The molecular formula is C16H22N4O4S. The van der Waals surface area contributed by atoms with Crippen molar-refractivity contribution >= 4 is 9.84 Å². The summed E-state index contributed by atoms with van der Waals surface area (Å²) < 4.78 is 36.5. The van der Waals surface area contributed by atoms with Crippen molar-refractivity contribution in [3.8, 4) is 11.4 Å². The number of hydrogen-bond donors (Lipinski definition) is 1. The Bertz CT molecular complexity index is 772. The van der Waals surface area contributed by atoms with Crippen molar-refractivity contribution < 1.29 is 17.7 Å². The Balaban J connectivity index is 1.87. The van der Waals surface area contributed by atoms with Crippen molar-refractivity contribution in [2.45, 2.75) is 37.7 Å². The van der Waals surface area contributed by atoms with Gasteiger partial charge in [0.15, 0.2) is 9.84 Å². The minimum absolute atomic E-state index is 0.00953. The first-order chi connectivity index (χ1) is 12.1. The molecule has 0 aromatic carbocycles. The van der Waals surface area contributed by atoms with E-state index in [4.69, 9.17) is 9.26 Å². The largest absolute Gasteiger partial charge is 0.350 e. The molecule has 2 aromatic heterocycles. The van der Waals surface area contributed by atoms with Gasteiger partial charge < -0.3 is 14.6 Å². The third-order valence-corrected chi connectivity index (χ3v) is 5.94. The molecule has 0 bridgehead atoms. The van der Waals surface area contributed by atoms with Crippen LogP contribution in [0.3, 0.4) is 0 Å². The van der Waals surface area contributed by atoms with Gasteiger partial charge in [-0.1, -0.05) is 12.1 Å². The number of sulfone groups is 1. The Morgan fingerprint density at radius 2 is 2.04 bits per heavy atom. The zero-order chi connectivity index (χ0) is 17.7. The molecule has 0 aliphatic carbocycles. The molecule has 8 nitrogen and oxygen atoms in total. The maximum Gasteiger partial charge on any atom is 0.271 e. The molecule has 0 spiro atoms. The van der Waals surface area contributed by atoms with E-state index in [0.717, 1.165) is 25.9 Å². The highest BCUT2D eigenvalue weighted by molar-refractivity contribution is 7.91. The van der Waals surface area contributed by atoms with E-state index >= 15 is 0 Å². The molecule has 1 N–H and O–H groups in total. The van der Waals surface area contributed by atoms with Gasteiger partial charge in [0, 0.05) is 18.0 Å². The lowest BCUT2D eigenvalue weighted by atomic mass is 10.1. The Labute approximate surface area is 146 Å². The molecule has 1 fully saturated rings. The molecule has 0 amide bonds. The second-order valence-corrected chi connectivity index (χ2v) is 8.14. The van der Waals surface area contributed by atoms with Crippen molar-refractivity contribution in [1.29, 1.82) is 0 Å². The first-order valence-electron chi connectivity index (χ1n) is 8.42. The SMILES string of the molecule is CCCS(=O)(=O)C(OC1CCNCC1)c1nc(-c2ccncc2)no1. The first kappa shape index (κ1) is 18.0. The number of nitrogens with zero attached hydrogens (tertiary/aromatic N) is 3. The van der Waals surface area contributed by atoms with Gasteiger partial charge in [0.2, 0.25) is 11.3 Å². The topological polar surface area (TPSA) is 107 Å². The molecule has 1 aliphatic heterocycles. The molecule has 0 saturated carbocycles. The van der Waals surface area contributed by atoms with E-state index < -0.39 is 15.3 Å². The summed E-state index contributed by atoms with van der Waals surface area (Å²) in [6.45, 7) is 3.42. The molecule has 1 aliphatic rings. The number of hydrogen-bond acceptors (Lipinski definition) is 8. The van der Waals surface area contributed by atoms with Crippen LogP contribution in [-0.2, 0) is 14.6 Å². The fraction of sp³-hybridized carbons (Fsp3) is 0.562. The predicted molar refractivity (Wildman–Crippen MR) is 91.3 cm³/mol. The molecule has 136 valence electrons. The second-order valence-electron chi connectivity index (χ2n) is 5.98. The van der Waals surface area contributed by atoms with Crippen LogP contribution in [0, 0.1) is 0 Å². The molecule has 25 heavy (non-hydrogen) atoms. The van der Waals surface area contributed by atoms with Crippen molar-refractivity contribution in [2.75, 3.05) is 18.8 Å². The van der Waals surface area contributed by atoms with E-state index in [0.29, 0.717) is 17.8 Å². The number of piperidine rings is 1. The summed E-state index contributed by atoms with van der Waals surface area (Å²) in [5.41, 5.74) is -0.517. The van der Waals surface area contributed by atoms with Crippen LogP contribution in [0.2, 0.25) is 0 Å². The number of ether oxygens (including phenoxy) is 1. The highest BCUT2D eigenvalue weighted by Gasteiger charge is 2.35. The van der Waals surface area contributed by atoms with Crippen LogP contribution in [0.15, 0.2) is 29.0 Å². The summed E-state index contributed by atoms with van der Waals surface area (Å²) in [5, 5.41) is 7.13. The smallest absolute Gasteiger partial charge is 0.271 e. The van der Waals surface area contributed by atoms with Crippen LogP contribution in [-0.4, -0.2) is 48.5 Å². The molecule has 2 aromatic rings. The highest BCUT2D eigenvalue weighted by Crippen LogP contribution is 2.29. The third kappa shape index (κ3) is 4.42. The van der Waals surface area contributed by atoms with Gasteiger partial charge in [-0.15, -0.1) is 0 Å². The van der Waals surface area contributed by atoms with Crippen molar-refractivity contribution in [3.05, 3.63) is 30.4 Å². The maximum absolute atomic E-state index is 12.7. The molecular weight excluding hydrogens is 344 g/mol. The van der Waals surface area contributed by atoms with Crippen molar-refractivity contribution in [1.82, 2.24) is 20.4 Å². The number of pyridine rings is 1. The lowest BCUT2D eigenvalue weighted by Crippen LogP contribution is -2.35. The summed E-state index contributed by atoms with van der Waals surface area (Å²) >= 11 is 0. The van der Waals surface area contributed by atoms with Gasteiger partial charge in [0.1, 0.15) is 0 Å². The molecule has 1 saturated heterocycles. The number of aromatic nitrogens is 3. The molecule has 9 heteroatoms. The van der Waals surface area contributed by atoms with Gasteiger partial charge in [0.05, 0.1) is 11.9 Å². The van der Waals surface area contributed by atoms with Gasteiger partial charge in [-0.25, -0.2) is 8.42 Å². The summed E-state index contributed by atoms with van der Waals surface area (Å²) in [7, 11) is -3.54. The van der Waals surface area contributed by atoms with E-state index in [9.17, 15) is 8.42 Å². The minimum Gasteiger partial charge on any atom is -0.350 e. The molecule has 1 unspecified atom stereocenters. The van der Waals surface area contributed by atoms with Crippen LogP contribution >= 0.6 is 0 Å². The van der Waals surface area contributed by atoms with Crippen molar-refractivity contribution in [2.24, 2.45) is 0 Å². The number of rotatable bonds is 7. The van der Waals surface area contributed by atoms with Crippen LogP contribution in [0.25, 0.3) is 11.4 Å². The molecule has 1 atom stereocenters. The molecule has 3 rings (SSSR count). The maximum atomic E-state index is 12.7. The highest BCUT2D eigenvalue weighted by atomic mass is 32.2. The predicted octanol–water partition coefficient (Wildman–Crippen LogP) is 1.72. The Hall–Kier alpha value is -1.84. The van der Waals surface area contributed by atoms with Crippen LogP contribution in [0.4, 0.5) is 0 Å². The Morgan fingerprint density at radius 1 is 1.32 bits per heavy atom. The van der Waals surface area contributed by atoms with E-state index in [1.165, 1.54) is 0 Å². The summed E-state index contributed by atoms with van der Waals surface area (Å²) in [4.78, 5) is 8.21.